The fourth-order valence-corrected chi connectivity index (χ4v) is 4.19. The molecule has 0 amide bonds. The maximum absolute atomic E-state index is 11.7. The van der Waals surface area contributed by atoms with Crippen LogP contribution in [0.2, 0.25) is 0 Å². The maximum atomic E-state index is 11.7. The summed E-state index contributed by atoms with van der Waals surface area (Å²) < 4.78 is 23.3. The van der Waals surface area contributed by atoms with Crippen molar-refractivity contribution in [3.63, 3.8) is 0 Å². The molecule has 0 aromatic heterocycles. The van der Waals surface area contributed by atoms with Crippen molar-refractivity contribution >= 4 is 9.84 Å². The van der Waals surface area contributed by atoms with Gasteiger partial charge in [0.15, 0.2) is 0 Å². The smallest absolute Gasteiger partial charge is 0.150 e. The van der Waals surface area contributed by atoms with E-state index in [0.717, 1.165) is 45.3 Å². The number of hydrogen-bond donors (Lipinski definition) is 1. The summed E-state index contributed by atoms with van der Waals surface area (Å²) in [6.45, 7) is 9.72. The van der Waals surface area contributed by atoms with Crippen LogP contribution < -0.4 is 5.32 Å². The SMILES string of the molecule is CCN(CC)CC(C)NC1CCCC(S(C)(=O)=O)C1. The third-order valence-electron chi connectivity index (χ3n) is 4.18. The van der Waals surface area contributed by atoms with Gasteiger partial charge < -0.3 is 10.2 Å². The number of likely N-dealkylation sites (N-methyl/N-ethyl adjacent to an activating group) is 1. The molecule has 1 rings (SSSR count). The van der Waals surface area contributed by atoms with E-state index >= 15 is 0 Å². The maximum Gasteiger partial charge on any atom is 0.150 e. The first-order chi connectivity index (χ1) is 8.86. The lowest BCUT2D eigenvalue weighted by molar-refractivity contribution is 0.248. The van der Waals surface area contributed by atoms with Crippen LogP contribution in [0.5, 0.6) is 0 Å². The number of rotatable bonds is 7. The molecule has 1 fully saturated rings. The van der Waals surface area contributed by atoms with Gasteiger partial charge >= 0.3 is 0 Å². The quantitative estimate of drug-likeness (QED) is 0.775. The Balaban J connectivity index is 2.44. The van der Waals surface area contributed by atoms with Gasteiger partial charge in [-0.15, -0.1) is 0 Å². The van der Waals surface area contributed by atoms with Crippen molar-refractivity contribution in [1.29, 1.82) is 0 Å². The summed E-state index contributed by atoms with van der Waals surface area (Å²) in [5.41, 5.74) is 0. The van der Waals surface area contributed by atoms with Crippen LogP contribution in [0.3, 0.4) is 0 Å². The highest BCUT2D eigenvalue weighted by Gasteiger charge is 2.29. The minimum absolute atomic E-state index is 0.139. The first-order valence-electron chi connectivity index (χ1n) is 7.54. The zero-order chi connectivity index (χ0) is 14.5. The van der Waals surface area contributed by atoms with Crippen molar-refractivity contribution in [1.82, 2.24) is 10.2 Å². The molecule has 1 aliphatic carbocycles. The molecule has 0 radical (unpaired) electrons. The van der Waals surface area contributed by atoms with E-state index in [2.05, 4.69) is 31.0 Å². The Morgan fingerprint density at radius 1 is 1.26 bits per heavy atom. The lowest BCUT2D eigenvalue weighted by Crippen LogP contribution is -2.47. The minimum Gasteiger partial charge on any atom is -0.310 e. The molecule has 0 aromatic carbocycles. The molecular weight excluding hydrogens is 260 g/mol. The molecule has 1 saturated carbocycles. The van der Waals surface area contributed by atoms with Crippen LogP contribution in [0, 0.1) is 0 Å². The molecule has 0 heterocycles. The molecule has 114 valence electrons. The van der Waals surface area contributed by atoms with E-state index in [4.69, 9.17) is 0 Å². The predicted molar refractivity (Wildman–Crippen MR) is 81.3 cm³/mol. The molecule has 0 spiro atoms. The fourth-order valence-electron chi connectivity index (χ4n) is 3.01. The van der Waals surface area contributed by atoms with Crippen LogP contribution in [-0.2, 0) is 9.84 Å². The van der Waals surface area contributed by atoms with Crippen molar-refractivity contribution < 1.29 is 8.42 Å². The summed E-state index contributed by atoms with van der Waals surface area (Å²) in [5, 5.41) is 3.47. The van der Waals surface area contributed by atoms with Crippen molar-refractivity contribution in [3.8, 4) is 0 Å². The summed E-state index contributed by atoms with van der Waals surface area (Å²) >= 11 is 0. The molecule has 19 heavy (non-hydrogen) atoms. The molecule has 1 N–H and O–H groups in total. The van der Waals surface area contributed by atoms with Crippen LogP contribution in [0.25, 0.3) is 0 Å². The monoisotopic (exact) mass is 290 g/mol. The molecule has 1 aliphatic rings. The average Bonchev–Trinajstić information content (AvgIpc) is 2.35. The first kappa shape index (κ1) is 16.9. The molecule has 4 nitrogen and oxygen atoms in total. The summed E-state index contributed by atoms with van der Waals surface area (Å²) in [7, 11) is -2.88. The normalized spacial score (nSPS) is 26.6. The van der Waals surface area contributed by atoms with E-state index in [1.54, 1.807) is 0 Å². The Bertz CT molecular complexity index is 352. The van der Waals surface area contributed by atoms with Gasteiger partial charge in [0.05, 0.1) is 5.25 Å². The first-order valence-corrected chi connectivity index (χ1v) is 9.49. The van der Waals surface area contributed by atoms with Crippen LogP contribution >= 0.6 is 0 Å². The molecule has 0 aromatic rings. The third kappa shape index (κ3) is 5.79. The standard InChI is InChI=1S/C14H30N2O2S/c1-5-16(6-2)11-12(3)15-13-8-7-9-14(10-13)19(4,17)18/h12-15H,5-11H2,1-4H3. The van der Waals surface area contributed by atoms with E-state index in [9.17, 15) is 8.42 Å². The van der Waals surface area contributed by atoms with Gasteiger partial charge in [-0.3, -0.25) is 0 Å². The lowest BCUT2D eigenvalue weighted by Gasteiger charge is -2.32. The largest absolute Gasteiger partial charge is 0.310 e. The number of hydrogen-bond acceptors (Lipinski definition) is 4. The second kappa shape index (κ2) is 7.60. The Morgan fingerprint density at radius 2 is 1.89 bits per heavy atom. The van der Waals surface area contributed by atoms with Crippen LogP contribution in [-0.4, -0.2) is 56.5 Å². The predicted octanol–water partition coefficient (Wildman–Crippen LogP) is 1.66. The zero-order valence-corrected chi connectivity index (χ0v) is 13.7. The van der Waals surface area contributed by atoms with Gasteiger partial charge in [-0.1, -0.05) is 20.3 Å². The molecule has 0 aliphatic heterocycles. The van der Waals surface area contributed by atoms with Gasteiger partial charge in [0.25, 0.3) is 0 Å². The summed E-state index contributed by atoms with van der Waals surface area (Å²) in [5.74, 6) is 0. The van der Waals surface area contributed by atoms with Gasteiger partial charge in [-0.05, 0) is 39.3 Å². The van der Waals surface area contributed by atoms with E-state index < -0.39 is 9.84 Å². The Hall–Kier alpha value is -0.130. The van der Waals surface area contributed by atoms with Gasteiger partial charge in [0.1, 0.15) is 9.84 Å². The van der Waals surface area contributed by atoms with Crippen molar-refractivity contribution in [2.24, 2.45) is 0 Å². The second-order valence-electron chi connectivity index (χ2n) is 5.87. The molecule has 3 unspecified atom stereocenters. The number of nitrogens with zero attached hydrogens (tertiary/aromatic N) is 1. The van der Waals surface area contributed by atoms with E-state index in [1.165, 1.54) is 6.26 Å². The van der Waals surface area contributed by atoms with E-state index in [1.807, 2.05) is 0 Å². The van der Waals surface area contributed by atoms with Gasteiger partial charge in [-0.2, -0.15) is 0 Å². The zero-order valence-electron chi connectivity index (χ0n) is 12.9. The molecular formula is C14H30N2O2S. The highest BCUT2D eigenvalue weighted by Crippen LogP contribution is 2.24. The van der Waals surface area contributed by atoms with Gasteiger partial charge in [0.2, 0.25) is 0 Å². The number of nitrogens with one attached hydrogen (secondary N) is 1. The highest BCUT2D eigenvalue weighted by atomic mass is 32.2. The topological polar surface area (TPSA) is 49.4 Å². The van der Waals surface area contributed by atoms with E-state index in [0.29, 0.717) is 12.1 Å². The van der Waals surface area contributed by atoms with Crippen molar-refractivity contribution in [2.45, 2.75) is 63.8 Å². The molecule has 0 bridgehead atoms. The van der Waals surface area contributed by atoms with Crippen LogP contribution in [0.15, 0.2) is 0 Å². The molecule has 0 saturated heterocycles. The van der Waals surface area contributed by atoms with Gasteiger partial charge in [0, 0.05) is 24.9 Å². The summed E-state index contributed by atoms with van der Waals surface area (Å²) in [6, 6.07) is 0.780. The van der Waals surface area contributed by atoms with Crippen molar-refractivity contribution in [2.75, 3.05) is 25.9 Å². The fraction of sp³-hybridized carbons (Fsp3) is 1.00. The Morgan fingerprint density at radius 3 is 2.42 bits per heavy atom. The van der Waals surface area contributed by atoms with E-state index in [-0.39, 0.29) is 5.25 Å². The minimum atomic E-state index is -2.88. The highest BCUT2D eigenvalue weighted by molar-refractivity contribution is 7.91. The third-order valence-corrected chi connectivity index (χ3v) is 5.82. The second-order valence-corrected chi connectivity index (χ2v) is 8.19. The number of sulfone groups is 1. The summed E-state index contributed by atoms with van der Waals surface area (Å²) in [6.07, 6.45) is 5.12. The molecule has 5 heteroatoms. The Labute approximate surface area is 118 Å². The van der Waals surface area contributed by atoms with Crippen LogP contribution in [0.1, 0.15) is 46.5 Å². The molecule has 3 atom stereocenters. The van der Waals surface area contributed by atoms with Crippen LogP contribution in [0.4, 0.5) is 0 Å². The van der Waals surface area contributed by atoms with Gasteiger partial charge in [-0.25, -0.2) is 8.42 Å². The Kier molecular flexibility index (Phi) is 6.77. The average molecular weight is 290 g/mol. The van der Waals surface area contributed by atoms with Crippen molar-refractivity contribution in [3.05, 3.63) is 0 Å². The summed E-state index contributed by atoms with van der Waals surface area (Å²) in [4.78, 5) is 2.40. The lowest BCUT2D eigenvalue weighted by atomic mass is 9.94.